The number of hydrogen-bond acceptors (Lipinski definition) is 4. The molecule has 0 saturated heterocycles. The predicted octanol–water partition coefficient (Wildman–Crippen LogP) is 3.91. The summed E-state index contributed by atoms with van der Waals surface area (Å²) < 4.78 is 11.1. The second kappa shape index (κ2) is 8.33. The maximum atomic E-state index is 11.5. The highest BCUT2D eigenvalue weighted by Gasteiger charge is 2.10. The van der Waals surface area contributed by atoms with E-state index >= 15 is 0 Å². The van der Waals surface area contributed by atoms with Crippen molar-refractivity contribution in [3.8, 4) is 11.5 Å². The van der Waals surface area contributed by atoms with Gasteiger partial charge in [-0.15, -0.1) is 0 Å². The van der Waals surface area contributed by atoms with Crippen LogP contribution in [-0.4, -0.2) is 29.4 Å². The smallest absolute Gasteiger partial charge is 0.308 e. The van der Waals surface area contributed by atoms with Gasteiger partial charge in [-0.25, -0.2) is 0 Å². The second-order valence-corrected chi connectivity index (χ2v) is 5.92. The molecule has 132 valence electrons. The molecule has 0 atom stereocenters. The average Bonchev–Trinajstić information content (AvgIpc) is 2.55. The Morgan fingerprint density at radius 3 is 2.20 bits per heavy atom. The number of hydrogen-bond donors (Lipinski definition) is 0. The molecule has 2 aromatic rings. The lowest BCUT2D eigenvalue weighted by molar-refractivity contribution is -0.132. The van der Waals surface area contributed by atoms with Crippen molar-refractivity contribution in [2.45, 2.75) is 33.7 Å². The second-order valence-electron chi connectivity index (χ2n) is 5.92. The molecule has 2 aromatic carbocycles. The lowest BCUT2D eigenvalue weighted by atomic mass is 10.1. The molecule has 0 saturated carbocycles. The molecule has 5 nitrogen and oxygen atoms in total. The number of benzene rings is 2. The minimum atomic E-state index is -0.361. The van der Waals surface area contributed by atoms with E-state index in [0.29, 0.717) is 18.1 Å². The van der Waals surface area contributed by atoms with Crippen molar-refractivity contribution in [2.24, 2.45) is 0 Å². The lowest BCUT2D eigenvalue weighted by Crippen LogP contribution is -2.29. The highest BCUT2D eigenvalue weighted by atomic mass is 16.5. The molecule has 0 unspecified atom stereocenters. The maximum absolute atomic E-state index is 11.5. The van der Waals surface area contributed by atoms with Gasteiger partial charge in [0.05, 0.1) is 0 Å². The number of nitrogens with zero attached hydrogens (tertiary/aromatic N) is 1. The fraction of sp³-hybridized carbons (Fsp3) is 0.300. The van der Waals surface area contributed by atoms with Gasteiger partial charge < -0.3 is 14.4 Å². The van der Waals surface area contributed by atoms with E-state index in [9.17, 15) is 9.59 Å². The lowest BCUT2D eigenvalue weighted by Gasteiger charge is -2.20. The molecule has 0 bridgehead atoms. The molecular formula is C20H23NO4. The molecule has 0 N–H and O–H groups in total. The largest absolute Gasteiger partial charge is 0.489 e. The molecule has 25 heavy (non-hydrogen) atoms. The van der Waals surface area contributed by atoms with Crippen LogP contribution in [0.1, 0.15) is 27.7 Å². The summed E-state index contributed by atoms with van der Waals surface area (Å²) in [5.74, 6) is 0.825. The molecule has 5 heteroatoms. The number of ether oxygens (including phenoxy) is 2. The van der Waals surface area contributed by atoms with Crippen LogP contribution < -0.4 is 9.47 Å². The van der Waals surface area contributed by atoms with Crippen LogP contribution in [0.2, 0.25) is 0 Å². The van der Waals surface area contributed by atoms with Crippen LogP contribution in [0.4, 0.5) is 0 Å². The molecule has 0 spiro atoms. The first-order chi connectivity index (χ1) is 11.9. The van der Waals surface area contributed by atoms with E-state index in [4.69, 9.17) is 9.47 Å². The van der Waals surface area contributed by atoms with Gasteiger partial charge in [0, 0.05) is 36.9 Å². The van der Waals surface area contributed by atoms with Crippen molar-refractivity contribution in [1.29, 1.82) is 0 Å². The third-order valence-corrected chi connectivity index (χ3v) is 3.62. The van der Waals surface area contributed by atoms with E-state index < -0.39 is 0 Å². The Kier molecular flexibility index (Phi) is 6.17. The zero-order valence-corrected chi connectivity index (χ0v) is 15.0. The molecule has 0 radical (unpaired) electrons. The van der Waals surface area contributed by atoms with E-state index in [1.165, 1.54) is 13.8 Å². The number of rotatable bonds is 6. The van der Waals surface area contributed by atoms with E-state index in [1.54, 1.807) is 29.3 Å². The summed E-state index contributed by atoms with van der Waals surface area (Å²) in [5, 5.41) is 1.67. The van der Waals surface area contributed by atoms with Crippen LogP contribution in [0.25, 0.3) is 10.8 Å². The van der Waals surface area contributed by atoms with E-state index in [-0.39, 0.29) is 17.9 Å². The predicted molar refractivity (Wildman–Crippen MR) is 97.5 cm³/mol. The van der Waals surface area contributed by atoms with Crippen LogP contribution in [0, 0.1) is 0 Å². The number of carbonyl (C=O) groups is 2. The van der Waals surface area contributed by atoms with Crippen LogP contribution in [-0.2, 0) is 9.59 Å². The van der Waals surface area contributed by atoms with Gasteiger partial charge in [0.2, 0.25) is 5.91 Å². The summed E-state index contributed by atoms with van der Waals surface area (Å²) in [6.07, 6.45) is 3.54. The van der Waals surface area contributed by atoms with Gasteiger partial charge in [0.25, 0.3) is 0 Å². The minimum absolute atomic E-state index is 0.0116. The number of amides is 1. The summed E-state index contributed by atoms with van der Waals surface area (Å²) >= 11 is 0. The van der Waals surface area contributed by atoms with Gasteiger partial charge in [-0.1, -0.05) is 24.3 Å². The van der Waals surface area contributed by atoms with Crippen molar-refractivity contribution in [1.82, 2.24) is 4.90 Å². The molecule has 0 aliphatic rings. The summed E-state index contributed by atoms with van der Waals surface area (Å²) in [6, 6.07) is 11.2. The van der Waals surface area contributed by atoms with Crippen molar-refractivity contribution >= 4 is 22.6 Å². The first kappa shape index (κ1) is 18.5. The third kappa shape index (κ3) is 4.83. The molecule has 2 rings (SSSR count). The average molecular weight is 341 g/mol. The van der Waals surface area contributed by atoms with Crippen LogP contribution in [0.15, 0.2) is 48.7 Å². The Bertz CT molecular complexity index is 795. The summed E-state index contributed by atoms with van der Waals surface area (Å²) in [7, 11) is 0. The molecule has 0 aromatic heterocycles. The number of fused-ring (bicyclic) bond motifs is 1. The zero-order valence-electron chi connectivity index (χ0n) is 15.0. The van der Waals surface area contributed by atoms with E-state index in [0.717, 1.165) is 10.8 Å². The van der Waals surface area contributed by atoms with Crippen LogP contribution in [0.5, 0.6) is 11.5 Å². The molecule has 0 aliphatic heterocycles. The monoisotopic (exact) mass is 341 g/mol. The van der Waals surface area contributed by atoms with Crippen molar-refractivity contribution in [2.75, 3.05) is 6.61 Å². The molecule has 0 fully saturated rings. The van der Waals surface area contributed by atoms with Crippen molar-refractivity contribution in [3.05, 3.63) is 48.7 Å². The summed E-state index contributed by atoms with van der Waals surface area (Å²) in [6.45, 7) is 7.14. The number of carbonyl (C=O) groups excluding carboxylic acids is 2. The highest BCUT2D eigenvalue weighted by Crippen LogP contribution is 2.33. The van der Waals surface area contributed by atoms with Gasteiger partial charge in [-0.2, -0.15) is 0 Å². The molecule has 1 amide bonds. The fourth-order valence-electron chi connectivity index (χ4n) is 2.55. The van der Waals surface area contributed by atoms with Gasteiger partial charge in [-0.3, -0.25) is 9.59 Å². The Labute approximate surface area is 147 Å². The molecule has 0 heterocycles. The zero-order chi connectivity index (χ0) is 18.4. The Hall–Kier alpha value is -2.82. The topological polar surface area (TPSA) is 55.8 Å². The minimum Gasteiger partial charge on any atom is -0.489 e. The Morgan fingerprint density at radius 2 is 1.64 bits per heavy atom. The molecule has 0 aliphatic carbocycles. The van der Waals surface area contributed by atoms with Gasteiger partial charge >= 0.3 is 5.97 Å². The van der Waals surface area contributed by atoms with Gasteiger partial charge in [0.15, 0.2) is 0 Å². The quantitative estimate of drug-likeness (QED) is 0.590. The third-order valence-electron chi connectivity index (χ3n) is 3.62. The Morgan fingerprint density at radius 1 is 1.04 bits per heavy atom. The Balaban J connectivity index is 2.17. The highest BCUT2D eigenvalue weighted by molar-refractivity contribution is 5.94. The standard InChI is InChI=1S/C20H23NO4/c1-14(2)21(15(3)22)12-7-13-24-19-10-11-20(25-16(4)23)18-9-6-5-8-17(18)19/h5-12,14H,13H2,1-4H3/b12-7-. The summed E-state index contributed by atoms with van der Waals surface area (Å²) in [4.78, 5) is 24.4. The van der Waals surface area contributed by atoms with Crippen LogP contribution >= 0.6 is 0 Å². The number of esters is 1. The first-order valence-corrected chi connectivity index (χ1v) is 8.18. The summed E-state index contributed by atoms with van der Waals surface area (Å²) in [5.41, 5.74) is 0. The van der Waals surface area contributed by atoms with Crippen molar-refractivity contribution in [3.63, 3.8) is 0 Å². The first-order valence-electron chi connectivity index (χ1n) is 8.18. The van der Waals surface area contributed by atoms with Gasteiger partial charge in [0.1, 0.15) is 18.1 Å². The normalized spacial score (nSPS) is 11.1. The van der Waals surface area contributed by atoms with Gasteiger partial charge in [-0.05, 0) is 32.1 Å². The maximum Gasteiger partial charge on any atom is 0.308 e. The SMILES string of the molecule is CC(=O)Oc1ccc(OC/C=C\N(C(C)=O)C(C)C)c2ccccc12. The fourth-order valence-corrected chi connectivity index (χ4v) is 2.55. The molecular weight excluding hydrogens is 318 g/mol. The van der Waals surface area contributed by atoms with E-state index in [1.807, 2.05) is 38.1 Å². The van der Waals surface area contributed by atoms with E-state index in [2.05, 4.69) is 0 Å². The van der Waals surface area contributed by atoms with Crippen molar-refractivity contribution < 1.29 is 19.1 Å². The van der Waals surface area contributed by atoms with Crippen LogP contribution in [0.3, 0.4) is 0 Å².